The minimum atomic E-state index is -0.294. The van der Waals surface area contributed by atoms with Crippen LogP contribution in [0.2, 0.25) is 0 Å². The summed E-state index contributed by atoms with van der Waals surface area (Å²) >= 11 is 1.54. The highest BCUT2D eigenvalue weighted by atomic mass is 32.2. The van der Waals surface area contributed by atoms with Crippen molar-refractivity contribution in [2.75, 3.05) is 27.1 Å². The van der Waals surface area contributed by atoms with Gasteiger partial charge in [-0.05, 0) is 35.4 Å². The lowest BCUT2D eigenvalue weighted by atomic mass is 10.1. The first kappa shape index (κ1) is 18.4. The summed E-state index contributed by atoms with van der Waals surface area (Å²) in [5, 5.41) is -0.179. The SMILES string of the molecule is COc1cc(C2SCC(=O)N2Cc2ccc(F)cc2)cc(OC)c1OC. The highest BCUT2D eigenvalue weighted by molar-refractivity contribution is 8.00. The zero-order chi connectivity index (χ0) is 18.7. The van der Waals surface area contributed by atoms with Gasteiger partial charge in [-0.3, -0.25) is 4.79 Å². The van der Waals surface area contributed by atoms with Gasteiger partial charge in [0.15, 0.2) is 11.5 Å². The average molecular weight is 377 g/mol. The Hall–Kier alpha value is -2.41. The van der Waals surface area contributed by atoms with E-state index in [1.54, 1.807) is 38.4 Å². The number of methoxy groups -OCH3 is 3. The molecular weight excluding hydrogens is 357 g/mol. The molecule has 1 aliphatic rings. The second-order valence-electron chi connectivity index (χ2n) is 5.77. The highest BCUT2D eigenvalue weighted by Crippen LogP contribution is 2.46. The number of hydrogen-bond donors (Lipinski definition) is 0. The largest absolute Gasteiger partial charge is 0.493 e. The fourth-order valence-corrected chi connectivity index (χ4v) is 4.10. The van der Waals surface area contributed by atoms with Crippen LogP contribution in [0.5, 0.6) is 17.2 Å². The van der Waals surface area contributed by atoms with E-state index in [1.165, 1.54) is 23.9 Å². The normalized spacial score (nSPS) is 16.7. The summed E-state index contributed by atoms with van der Waals surface area (Å²) in [6.07, 6.45) is 0. The molecule has 138 valence electrons. The van der Waals surface area contributed by atoms with E-state index in [-0.39, 0.29) is 17.1 Å². The molecule has 0 aliphatic carbocycles. The number of thioether (sulfide) groups is 1. The lowest BCUT2D eigenvalue weighted by molar-refractivity contribution is -0.128. The standard InChI is InChI=1S/C19H20FNO4S/c1-23-15-8-13(9-16(24-2)18(15)25-3)19-21(17(22)11-26-19)10-12-4-6-14(20)7-5-12/h4-9,19H,10-11H2,1-3H3. The van der Waals surface area contributed by atoms with Gasteiger partial charge in [-0.15, -0.1) is 11.8 Å². The molecule has 1 heterocycles. The zero-order valence-corrected chi connectivity index (χ0v) is 15.6. The molecule has 0 radical (unpaired) electrons. The average Bonchev–Trinajstić information content (AvgIpc) is 3.02. The molecule has 26 heavy (non-hydrogen) atoms. The van der Waals surface area contributed by atoms with Crippen molar-refractivity contribution in [3.63, 3.8) is 0 Å². The maximum Gasteiger partial charge on any atom is 0.234 e. The molecule has 0 aromatic heterocycles. The summed E-state index contributed by atoms with van der Waals surface area (Å²) < 4.78 is 29.3. The highest BCUT2D eigenvalue weighted by Gasteiger charge is 2.34. The Morgan fingerprint density at radius 2 is 1.69 bits per heavy atom. The number of ether oxygens (including phenoxy) is 3. The van der Waals surface area contributed by atoms with Crippen molar-refractivity contribution in [3.8, 4) is 17.2 Å². The number of rotatable bonds is 6. The summed E-state index contributed by atoms with van der Waals surface area (Å²) in [5.41, 5.74) is 1.76. The molecule has 3 rings (SSSR count). The van der Waals surface area contributed by atoms with Crippen LogP contribution in [0.25, 0.3) is 0 Å². The molecule has 1 amide bonds. The smallest absolute Gasteiger partial charge is 0.234 e. The molecule has 5 nitrogen and oxygen atoms in total. The molecule has 1 fully saturated rings. The topological polar surface area (TPSA) is 48.0 Å². The maximum atomic E-state index is 13.1. The Labute approximate surface area is 156 Å². The Morgan fingerprint density at radius 3 is 2.23 bits per heavy atom. The van der Waals surface area contributed by atoms with Crippen molar-refractivity contribution in [2.24, 2.45) is 0 Å². The van der Waals surface area contributed by atoms with Gasteiger partial charge in [0.25, 0.3) is 0 Å². The van der Waals surface area contributed by atoms with Gasteiger partial charge in [-0.2, -0.15) is 0 Å². The predicted molar refractivity (Wildman–Crippen MR) is 98.2 cm³/mol. The third-order valence-electron chi connectivity index (χ3n) is 4.21. The molecule has 2 aromatic carbocycles. The molecule has 1 atom stereocenters. The van der Waals surface area contributed by atoms with Crippen LogP contribution >= 0.6 is 11.8 Å². The first-order chi connectivity index (χ1) is 12.6. The van der Waals surface area contributed by atoms with Gasteiger partial charge in [-0.25, -0.2) is 4.39 Å². The predicted octanol–water partition coefficient (Wildman–Crippen LogP) is 3.63. The van der Waals surface area contributed by atoms with Crippen molar-refractivity contribution in [1.29, 1.82) is 0 Å². The fourth-order valence-electron chi connectivity index (χ4n) is 2.93. The van der Waals surface area contributed by atoms with Crippen LogP contribution in [0.1, 0.15) is 16.5 Å². The van der Waals surface area contributed by atoms with E-state index in [0.717, 1.165) is 11.1 Å². The first-order valence-electron chi connectivity index (χ1n) is 8.02. The van der Waals surface area contributed by atoms with E-state index in [2.05, 4.69) is 0 Å². The number of benzene rings is 2. The second kappa shape index (κ2) is 7.86. The summed E-state index contributed by atoms with van der Waals surface area (Å²) in [7, 11) is 4.67. The monoisotopic (exact) mass is 377 g/mol. The van der Waals surface area contributed by atoms with E-state index in [1.807, 2.05) is 12.1 Å². The number of nitrogens with zero attached hydrogens (tertiary/aromatic N) is 1. The molecule has 0 bridgehead atoms. The van der Waals surface area contributed by atoms with Crippen molar-refractivity contribution in [3.05, 3.63) is 53.3 Å². The van der Waals surface area contributed by atoms with Gasteiger partial charge >= 0.3 is 0 Å². The zero-order valence-electron chi connectivity index (χ0n) is 14.8. The minimum absolute atomic E-state index is 0.0399. The quantitative estimate of drug-likeness (QED) is 0.769. The Kier molecular flexibility index (Phi) is 5.56. The fraction of sp³-hybridized carbons (Fsp3) is 0.316. The number of hydrogen-bond acceptors (Lipinski definition) is 5. The molecular formula is C19H20FNO4S. The summed E-state index contributed by atoms with van der Waals surface area (Å²) in [5.74, 6) is 1.74. The lowest BCUT2D eigenvalue weighted by Gasteiger charge is -2.25. The van der Waals surface area contributed by atoms with Gasteiger partial charge < -0.3 is 19.1 Å². The van der Waals surface area contributed by atoms with E-state index in [4.69, 9.17) is 14.2 Å². The number of amides is 1. The number of halogens is 1. The molecule has 1 saturated heterocycles. The van der Waals surface area contributed by atoms with E-state index in [9.17, 15) is 9.18 Å². The Balaban J connectivity index is 1.93. The minimum Gasteiger partial charge on any atom is -0.493 e. The first-order valence-corrected chi connectivity index (χ1v) is 9.07. The Morgan fingerprint density at radius 1 is 1.08 bits per heavy atom. The van der Waals surface area contributed by atoms with Crippen LogP contribution in [0, 0.1) is 5.82 Å². The summed E-state index contributed by atoms with van der Waals surface area (Å²) in [4.78, 5) is 14.2. The third-order valence-corrected chi connectivity index (χ3v) is 5.46. The summed E-state index contributed by atoms with van der Waals surface area (Å²) in [6, 6.07) is 9.90. The Bertz CT molecular complexity index is 772. The van der Waals surface area contributed by atoms with Gasteiger partial charge in [0.1, 0.15) is 11.2 Å². The van der Waals surface area contributed by atoms with Gasteiger partial charge in [0.05, 0.1) is 27.1 Å². The van der Waals surface area contributed by atoms with Crippen LogP contribution in [0.4, 0.5) is 4.39 Å². The van der Waals surface area contributed by atoms with Gasteiger partial charge in [-0.1, -0.05) is 12.1 Å². The van der Waals surface area contributed by atoms with Crippen molar-refractivity contribution < 1.29 is 23.4 Å². The second-order valence-corrected chi connectivity index (χ2v) is 6.84. The summed E-state index contributed by atoms with van der Waals surface area (Å²) in [6.45, 7) is 0.410. The number of carbonyl (C=O) groups excluding carboxylic acids is 1. The van der Waals surface area contributed by atoms with Crippen LogP contribution in [-0.2, 0) is 11.3 Å². The van der Waals surface area contributed by atoms with Crippen LogP contribution in [0.15, 0.2) is 36.4 Å². The third kappa shape index (κ3) is 3.58. The van der Waals surface area contributed by atoms with Crippen molar-refractivity contribution in [1.82, 2.24) is 4.90 Å². The maximum absolute atomic E-state index is 13.1. The van der Waals surface area contributed by atoms with Crippen LogP contribution in [-0.4, -0.2) is 37.9 Å². The lowest BCUT2D eigenvalue weighted by Crippen LogP contribution is -2.27. The van der Waals surface area contributed by atoms with E-state index in [0.29, 0.717) is 29.5 Å². The molecule has 1 unspecified atom stereocenters. The van der Waals surface area contributed by atoms with Gasteiger partial charge in [0, 0.05) is 6.54 Å². The van der Waals surface area contributed by atoms with E-state index < -0.39 is 0 Å². The van der Waals surface area contributed by atoms with Crippen LogP contribution < -0.4 is 14.2 Å². The molecule has 0 spiro atoms. The molecule has 0 saturated carbocycles. The molecule has 1 aliphatic heterocycles. The van der Waals surface area contributed by atoms with Crippen LogP contribution in [0.3, 0.4) is 0 Å². The van der Waals surface area contributed by atoms with Gasteiger partial charge in [0.2, 0.25) is 11.7 Å². The molecule has 7 heteroatoms. The molecule has 0 N–H and O–H groups in total. The van der Waals surface area contributed by atoms with Crippen molar-refractivity contribution in [2.45, 2.75) is 11.9 Å². The van der Waals surface area contributed by atoms with Crippen molar-refractivity contribution >= 4 is 17.7 Å². The van der Waals surface area contributed by atoms with E-state index >= 15 is 0 Å². The molecule has 2 aromatic rings. The number of carbonyl (C=O) groups is 1.